The number of carbonyl (C=O) groups excluding carboxylic acids is 1. The van der Waals surface area contributed by atoms with Crippen molar-refractivity contribution in [2.45, 2.75) is 19.4 Å². The molecule has 2 aromatic rings. The molecular formula is C16H17ClN2O. The summed E-state index contributed by atoms with van der Waals surface area (Å²) >= 11 is 6.08. The van der Waals surface area contributed by atoms with E-state index in [0.717, 1.165) is 11.1 Å². The van der Waals surface area contributed by atoms with E-state index in [1.807, 2.05) is 43.3 Å². The Bertz CT molecular complexity index is 599. The van der Waals surface area contributed by atoms with Gasteiger partial charge in [0.15, 0.2) is 0 Å². The highest BCUT2D eigenvalue weighted by Gasteiger charge is 2.15. The van der Waals surface area contributed by atoms with Crippen LogP contribution >= 0.6 is 11.6 Å². The molecule has 0 unspecified atom stereocenters. The first-order valence-electron chi connectivity index (χ1n) is 6.43. The topological polar surface area (TPSA) is 55.1 Å². The normalized spacial score (nSPS) is 11.9. The molecule has 0 fully saturated rings. The van der Waals surface area contributed by atoms with Gasteiger partial charge in [-0.25, -0.2) is 0 Å². The van der Waals surface area contributed by atoms with Crippen LogP contribution in [0.3, 0.4) is 0 Å². The van der Waals surface area contributed by atoms with E-state index in [9.17, 15) is 4.79 Å². The van der Waals surface area contributed by atoms with Crippen LogP contribution in [-0.4, -0.2) is 11.9 Å². The van der Waals surface area contributed by atoms with Gasteiger partial charge < -0.3 is 11.1 Å². The van der Waals surface area contributed by atoms with Crippen LogP contribution < -0.4 is 11.1 Å². The van der Waals surface area contributed by atoms with Crippen LogP contribution in [0.1, 0.15) is 11.1 Å². The van der Waals surface area contributed by atoms with Crippen molar-refractivity contribution in [2.75, 3.05) is 5.32 Å². The molecule has 1 atom stereocenters. The van der Waals surface area contributed by atoms with Crippen LogP contribution in [0.4, 0.5) is 5.69 Å². The molecule has 0 saturated carbocycles. The molecule has 0 saturated heterocycles. The van der Waals surface area contributed by atoms with Gasteiger partial charge in [-0.2, -0.15) is 0 Å². The first-order valence-corrected chi connectivity index (χ1v) is 6.80. The first-order chi connectivity index (χ1) is 9.56. The second-order valence-corrected chi connectivity index (χ2v) is 5.18. The van der Waals surface area contributed by atoms with Gasteiger partial charge in [-0.3, -0.25) is 4.79 Å². The van der Waals surface area contributed by atoms with Crippen LogP contribution in [0.5, 0.6) is 0 Å². The Morgan fingerprint density at radius 3 is 2.60 bits per heavy atom. The SMILES string of the molecule is Cc1ccc(NC(=O)[C@@H](N)Cc2ccccc2)c(Cl)c1. The van der Waals surface area contributed by atoms with E-state index in [2.05, 4.69) is 5.32 Å². The largest absolute Gasteiger partial charge is 0.323 e. The Morgan fingerprint density at radius 1 is 1.25 bits per heavy atom. The number of amides is 1. The molecule has 0 aliphatic heterocycles. The van der Waals surface area contributed by atoms with Gasteiger partial charge in [0.05, 0.1) is 16.8 Å². The molecule has 2 rings (SSSR count). The van der Waals surface area contributed by atoms with Gasteiger partial charge in [-0.1, -0.05) is 48.0 Å². The molecule has 0 aromatic heterocycles. The van der Waals surface area contributed by atoms with E-state index in [-0.39, 0.29) is 5.91 Å². The van der Waals surface area contributed by atoms with Gasteiger partial charge in [-0.05, 0) is 36.6 Å². The maximum absolute atomic E-state index is 12.1. The fourth-order valence-electron chi connectivity index (χ4n) is 1.91. The molecule has 0 aliphatic carbocycles. The molecule has 1 amide bonds. The van der Waals surface area contributed by atoms with Gasteiger partial charge in [0.25, 0.3) is 0 Å². The Balaban J connectivity index is 2.01. The summed E-state index contributed by atoms with van der Waals surface area (Å²) in [7, 11) is 0. The van der Waals surface area contributed by atoms with Crippen molar-refractivity contribution in [1.82, 2.24) is 0 Å². The van der Waals surface area contributed by atoms with Crippen LogP contribution in [0.15, 0.2) is 48.5 Å². The lowest BCUT2D eigenvalue weighted by Crippen LogP contribution is -2.37. The van der Waals surface area contributed by atoms with Crippen molar-refractivity contribution < 1.29 is 4.79 Å². The quantitative estimate of drug-likeness (QED) is 0.908. The zero-order chi connectivity index (χ0) is 14.5. The Kier molecular flexibility index (Phi) is 4.77. The molecule has 0 radical (unpaired) electrons. The number of aryl methyl sites for hydroxylation is 1. The Labute approximate surface area is 123 Å². The van der Waals surface area contributed by atoms with Gasteiger partial charge in [0, 0.05) is 0 Å². The maximum atomic E-state index is 12.1. The second kappa shape index (κ2) is 6.55. The van der Waals surface area contributed by atoms with Crippen LogP contribution in [0, 0.1) is 6.92 Å². The molecule has 20 heavy (non-hydrogen) atoms. The van der Waals surface area contributed by atoms with E-state index >= 15 is 0 Å². The number of anilines is 1. The number of rotatable bonds is 4. The zero-order valence-corrected chi connectivity index (χ0v) is 12.0. The van der Waals surface area contributed by atoms with Crippen LogP contribution in [0.2, 0.25) is 5.02 Å². The fraction of sp³-hybridized carbons (Fsp3) is 0.188. The minimum atomic E-state index is -0.602. The number of halogens is 1. The van der Waals surface area contributed by atoms with Crippen molar-refractivity contribution >= 4 is 23.2 Å². The highest BCUT2D eigenvalue weighted by Crippen LogP contribution is 2.22. The average molecular weight is 289 g/mol. The molecule has 0 bridgehead atoms. The summed E-state index contributed by atoms with van der Waals surface area (Å²) in [6, 6.07) is 14.6. The second-order valence-electron chi connectivity index (χ2n) is 4.77. The zero-order valence-electron chi connectivity index (χ0n) is 11.3. The minimum absolute atomic E-state index is 0.236. The van der Waals surface area contributed by atoms with Crippen molar-refractivity contribution in [3.05, 3.63) is 64.7 Å². The van der Waals surface area contributed by atoms with Gasteiger partial charge in [-0.15, -0.1) is 0 Å². The molecular weight excluding hydrogens is 272 g/mol. The summed E-state index contributed by atoms with van der Waals surface area (Å²) in [6.45, 7) is 1.94. The van der Waals surface area contributed by atoms with Crippen molar-refractivity contribution in [2.24, 2.45) is 5.73 Å². The van der Waals surface area contributed by atoms with Gasteiger partial charge >= 0.3 is 0 Å². The molecule has 4 heteroatoms. The lowest BCUT2D eigenvalue weighted by atomic mass is 10.1. The molecule has 0 heterocycles. The standard InChI is InChI=1S/C16H17ClN2O/c1-11-7-8-15(13(17)9-11)19-16(20)14(18)10-12-5-3-2-4-6-12/h2-9,14H,10,18H2,1H3,(H,19,20)/t14-/m0/s1. The molecule has 3 nitrogen and oxygen atoms in total. The van der Waals surface area contributed by atoms with E-state index in [1.165, 1.54) is 0 Å². The van der Waals surface area contributed by atoms with Crippen LogP contribution in [0.25, 0.3) is 0 Å². The average Bonchev–Trinajstić information content (AvgIpc) is 2.43. The predicted molar refractivity (Wildman–Crippen MR) is 82.9 cm³/mol. The summed E-state index contributed by atoms with van der Waals surface area (Å²) in [5, 5.41) is 3.28. The lowest BCUT2D eigenvalue weighted by Gasteiger charge is -2.13. The smallest absolute Gasteiger partial charge is 0.241 e. The molecule has 0 aliphatic rings. The number of benzene rings is 2. The van der Waals surface area contributed by atoms with Gasteiger partial charge in [0.1, 0.15) is 0 Å². The van der Waals surface area contributed by atoms with E-state index in [4.69, 9.17) is 17.3 Å². The predicted octanol–water partition coefficient (Wildman–Crippen LogP) is 3.16. The molecule has 3 N–H and O–H groups in total. The Hall–Kier alpha value is -1.84. The fourth-order valence-corrected chi connectivity index (χ4v) is 2.19. The van der Waals surface area contributed by atoms with Gasteiger partial charge in [0.2, 0.25) is 5.91 Å². The monoisotopic (exact) mass is 288 g/mol. The molecule has 104 valence electrons. The summed E-state index contributed by atoms with van der Waals surface area (Å²) in [5.74, 6) is -0.236. The van der Waals surface area contributed by atoms with Crippen molar-refractivity contribution in [1.29, 1.82) is 0 Å². The summed E-state index contributed by atoms with van der Waals surface area (Å²) in [6.07, 6.45) is 0.496. The molecule has 2 aromatic carbocycles. The minimum Gasteiger partial charge on any atom is -0.323 e. The summed E-state index contributed by atoms with van der Waals surface area (Å²) < 4.78 is 0. The number of nitrogens with one attached hydrogen (secondary N) is 1. The van der Waals surface area contributed by atoms with Crippen LogP contribution in [-0.2, 0) is 11.2 Å². The number of carbonyl (C=O) groups is 1. The highest BCUT2D eigenvalue weighted by molar-refractivity contribution is 6.33. The van der Waals surface area contributed by atoms with Crippen molar-refractivity contribution in [3.8, 4) is 0 Å². The first kappa shape index (κ1) is 14.6. The van der Waals surface area contributed by atoms with E-state index in [0.29, 0.717) is 17.1 Å². The van der Waals surface area contributed by atoms with Crippen molar-refractivity contribution in [3.63, 3.8) is 0 Å². The summed E-state index contributed by atoms with van der Waals surface area (Å²) in [5.41, 5.74) is 8.59. The highest BCUT2D eigenvalue weighted by atomic mass is 35.5. The van der Waals surface area contributed by atoms with E-state index < -0.39 is 6.04 Å². The third kappa shape index (κ3) is 3.83. The third-order valence-corrected chi connectivity index (χ3v) is 3.33. The third-order valence-electron chi connectivity index (χ3n) is 3.02. The van der Waals surface area contributed by atoms with E-state index in [1.54, 1.807) is 12.1 Å². The number of nitrogens with two attached hydrogens (primary N) is 1. The number of hydrogen-bond acceptors (Lipinski definition) is 2. The number of hydrogen-bond donors (Lipinski definition) is 2. The lowest BCUT2D eigenvalue weighted by molar-refractivity contribution is -0.117. The molecule has 0 spiro atoms. The summed E-state index contributed by atoms with van der Waals surface area (Å²) in [4.78, 5) is 12.1. The maximum Gasteiger partial charge on any atom is 0.241 e. The Morgan fingerprint density at radius 2 is 1.95 bits per heavy atom.